The van der Waals surface area contributed by atoms with Gasteiger partial charge in [0.2, 0.25) is 0 Å². The molecule has 0 aliphatic heterocycles. The van der Waals surface area contributed by atoms with Crippen LogP contribution in [0.1, 0.15) is 0 Å². The molecule has 0 atom stereocenters. The number of nitrogens with two attached hydrogens (primary N) is 1. The molecule has 3 N–H and O–H groups in total. The molecule has 3 heterocycles. The van der Waals surface area contributed by atoms with Gasteiger partial charge in [0.05, 0.1) is 25.9 Å². The summed E-state index contributed by atoms with van der Waals surface area (Å²) in [5.74, 6) is 2.29. The third-order valence-electron chi connectivity index (χ3n) is 4.54. The van der Waals surface area contributed by atoms with Gasteiger partial charge in [-0.25, -0.2) is 15.0 Å². The van der Waals surface area contributed by atoms with Crippen molar-refractivity contribution in [2.75, 3.05) is 20.0 Å². The molecule has 9 nitrogen and oxygen atoms in total. The fourth-order valence-electron chi connectivity index (χ4n) is 2.96. The number of nitrogen functional groups attached to an aromatic ring is 1. The van der Waals surface area contributed by atoms with Gasteiger partial charge in [-0.15, -0.1) is 0 Å². The zero-order valence-electron chi connectivity index (χ0n) is 16.8. The van der Waals surface area contributed by atoms with E-state index in [1.807, 2.05) is 24.3 Å². The Balaban J connectivity index is 0.000000192. The number of aromatic amines is 1. The monoisotopic (exact) mass is 417 g/mol. The van der Waals surface area contributed by atoms with Crippen LogP contribution in [-0.2, 0) is 0 Å². The summed E-state index contributed by atoms with van der Waals surface area (Å²) < 4.78 is 16.2. The van der Waals surface area contributed by atoms with E-state index in [0.29, 0.717) is 45.2 Å². The van der Waals surface area contributed by atoms with Gasteiger partial charge in [0.1, 0.15) is 34.7 Å². The van der Waals surface area contributed by atoms with Crippen molar-refractivity contribution in [2.24, 2.45) is 0 Å². The maximum Gasteiger partial charge on any atom is 0.193 e. The van der Waals surface area contributed by atoms with E-state index in [-0.39, 0.29) is 5.43 Å². The minimum atomic E-state index is -0.0864. The number of nitrogens with zero attached hydrogens (tertiary/aromatic N) is 3. The Morgan fingerprint density at radius 2 is 1.77 bits per heavy atom. The third-order valence-corrected chi connectivity index (χ3v) is 4.54. The van der Waals surface area contributed by atoms with Crippen molar-refractivity contribution in [3.63, 3.8) is 0 Å². The molecule has 0 aliphatic rings. The lowest BCUT2D eigenvalue weighted by molar-refractivity contribution is 0.414. The van der Waals surface area contributed by atoms with Crippen molar-refractivity contribution >= 4 is 28.0 Å². The summed E-state index contributed by atoms with van der Waals surface area (Å²) in [7, 11) is 3.17. The molecule has 0 bridgehead atoms. The van der Waals surface area contributed by atoms with E-state index in [1.165, 1.54) is 18.7 Å². The molecule has 0 aliphatic carbocycles. The quantitative estimate of drug-likeness (QED) is 0.457. The zero-order chi connectivity index (χ0) is 21.8. The number of imidazole rings is 1. The highest BCUT2D eigenvalue weighted by molar-refractivity contribution is 5.81. The molecule has 0 saturated heterocycles. The molecule has 0 radical (unpaired) electrons. The SMILES string of the molecule is COc1cccc(-c2cc(=O)c3ccc(OC)cc3o2)c1.Nc1ncnc2nc[nH]c12. The lowest BCUT2D eigenvalue weighted by atomic mass is 10.1. The van der Waals surface area contributed by atoms with E-state index in [0.717, 1.165) is 5.56 Å². The van der Waals surface area contributed by atoms with Crippen LogP contribution in [0.3, 0.4) is 0 Å². The second-order valence-corrected chi connectivity index (χ2v) is 6.43. The Morgan fingerprint density at radius 3 is 2.55 bits per heavy atom. The molecule has 156 valence electrons. The molecule has 0 unspecified atom stereocenters. The molecule has 9 heteroatoms. The fraction of sp³-hybridized carbons (Fsp3) is 0.0909. The van der Waals surface area contributed by atoms with Crippen LogP contribution in [0, 0.1) is 0 Å². The maximum atomic E-state index is 12.2. The van der Waals surface area contributed by atoms with Crippen molar-refractivity contribution in [1.82, 2.24) is 19.9 Å². The number of hydrogen-bond donors (Lipinski definition) is 2. The van der Waals surface area contributed by atoms with E-state index in [1.54, 1.807) is 32.4 Å². The Kier molecular flexibility index (Phi) is 5.48. The summed E-state index contributed by atoms with van der Waals surface area (Å²) in [6, 6.07) is 14.0. The number of ether oxygens (including phenoxy) is 2. The van der Waals surface area contributed by atoms with Crippen LogP contribution in [0.4, 0.5) is 5.82 Å². The lowest BCUT2D eigenvalue weighted by Gasteiger charge is -2.06. The Labute approximate surface area is 176 Å². The smallest absolute Gasteiger partial charge is 0.193 e. The molecular formula is C22H19N5O4. The molecule has 2 aromatic carbocycles. The van der Waals surface area contributed by atoms with Crippen LogP contribution in [0.15, 0.2) is 70.4 Å². The number of hydrogen-bond acceptors (Lipinski definition) is 8. The lowest BCUT2D eigenvalue weighted by Crippen LogP contribution is -2.00. The Hall–Kier alpha value is -4.40. The number of nitrogens with one attached hydrogen (secondary N) is 1. The third kappa shape index (κ3) is 4.15. The minimum Gasteiger partial charge on any atom is -0.497 e. The van der Waals surface area contributed by atoms with Crippen molar-refractivity contribution in [3.8, 4) is 22.8 Å². The highest BCUT2D eigenvalue weighted by Crippen LogP contribution is 2.27. The first-order valence-electron chi connectivity index (χ1n) is 9.25. The second kappa shape index (κ2) is 8.54. The van der Waals surface area contributed by atoms with Gasteiger partial charge in [0.25, 0.3) is 0 Å². The largest absolute Gasteiger partial charge is 0.497 e. The van der Waals surface area contributed by atoms with Gasteiger partial charge in [-0.05, 0) is 24.3 Å². The van der Waals surface area contributed by atoms with Gasteiger partial charge in [-0.1, -0.05) is 12.1 Å². The number of fused-ring (bicyclic) bond motifs is 2. The molecule has 0 spiro atoms. The number of methoxy groups -OCH3 is 2. The standard InChI is InChI=1S/C17H14O4.C5H5N5/c1-19-12-5-3-4-11(8-12)16-10-15(18)14-7-6-13(20-2)9-17(14)21-16;6-4-3-5(9-1-7-3)10-2-8-4/h3-10H,1-2H3;1-2H,(H3,6,7,8,9,10). The van der Waals surface area contributed by atoms with E-state index in [4.69, 9.17) is 19.6 Å². The van der Waals surface area contributed by atoms with Crippen molar-refractivity contribution in [2.45, 2.75) is 0 Å². The molecular weight excluding hydrogens is 398 g/mol. The first kappa shape index (κ1) is 19.9. The summed E-state index contributed by atoms with van der Waals surface area (Å²) in [4.78, 5) is 26.6. The molecule has 0 amide bonds. The highest BCUT2D eigenvalue weighted by atomic mass is 16.5. The molecule has 0 fully saturated rings. The van der Waals surface area contributed by atoms with Crippen molar-refractivity contribution < 1.29 is 13.9 Å². The first-order chi connectivity index (χ1) is 15.1. The summed E-state index contributed by atoms with van der Waals surface area (Å²) in [5.41, 5.74) is 7.98. The van der Waals surface area contributed by atoms with Crippen molar-refractivity contribution in [3.05, 3.63) is 71.4 Å². The zero-order valence-corrected chi connectivity index (χ0v) is 16.8. The van der Waals surface area contributed by atoms with E-state index in [2.05, 4.69) is 19.9 Å². The highest BCUT2D eigenvalue weighted by Gasteiger charge is 2.08. The van der Waals surface area contributed by atoms with E-state index < -0.39 is 0 Å². The topological polar surface area (TPSA) is 129 Å². The molecule has 0 saturated carbocycles. The average molecular weight is 417 g/mol. The van der Waals surface area contributed by atoms with Crippen LogP contribution in [0.25, 0.3) is 33.5 Å². The predicted octanol–water partition coefficient (Wildman–Crippen LogP) is 3.41. The van der Waals surface area contributed by atoms with Gasteiger partial charge in [0, 0.05) is 17.7 Å². The summed E-state index contributed by atoms with van der Waals surface area (Å²) in [6.45, 7) is 0. The van der Waals surface area contributed by atoms with E-state index >= 15 is 0 Å². The van der Waals surface area contributed by atoms with Crippen molar-refractivity contribution in [1.29, 1.82) is 0 Å². The first-order valence-corrected chi connectivity index (χ1v) is 9.25. The molecule has 5 rings (SSSR count). The van der Waals surface area contributed by atoms with Crippen LogP contribution < -0.4 is 20.6 Å². The van der Waals surface area contributed by atoms with Gasteiger partial charge >= 0.3 is 0 Å². The second-order valence-electron chi connectivity index (χ2n) is 6.43. The number of benzene rings is 2. The predicted molar refractivity (Wildman–Crippen MR) is 117 cm³/mol. The van der Waals surface area contributed by atoms with E-state index in [9.17, 15) is 4.79 Å². The average Bonchev–Trinajstić information content (AvgIpc) is 3.29. The van der Waals surface area contributed by atoms with Gasteiger partial charge in [-0.2, -0.15) is 0 Å². The Morgan fingerprint density at radius 1 is 0.968 bits per heavy atom. The maximum absolute atomic E-state index is 12.2. The van der Waals surface area contributed by atoms with Crippen LogP contribution in [-0.4, -0.2) is 34.2 Å². The fourth-order valence-corrected chi connectivity index (χ4v) is 2.96. The summed E-state index contributed by atoms with van der Waals surface area (Å²) >= 11 is 0. The van der Waals surface area contributed by atoms with Gasteiger partial charge in [-0.3, -0.25) is 4.79 Å². The summed E-state index contributed by atoms with van der Waals surface area (Å²) in [6.07, 6.45) is 2.92. The van der Waals surface area contributed by atoms with Crippen LogP contribution >= 0.6 is 0 Å². The van der Waals surface area contributed by atoms with Crippen LogP contribution in [0.2, 0.25) is 0 Å². The van der Waals surface area contributed by atoms with Gasteiger partial charge < -0.3 is 24.6 Å². The molecule has 5 aromatic rings. The van der Waals surface area contributed by atoms with Gasteiger partial charge in [0.15, 0.2) is 16.9 Å². The number of aromatic nitrogens is 4. The normalized spacial score (nSPS) is 10.5. The minimum absolute atomic E-state index is 0.0864. The number of anilines is 1. The summed E-state index contributed by atoms with van der Waals surface area (Å²) in [5, 5.41) is 0.530. The Bertz CT molecular complexity index is 1410. The van der Waals surface area contributed by atoms with Crippen LogP contribution in [0.5, 0.6) is 11.5 Å². The number of H-pyrrole nitrogens is 1. The molecule has 31 heavy (non-hydrogen) atoms. The molecule has 3 aromatic heterocycles. The number of rotatable bonds is 3.